The Kier molecular flexibility index (Phi) is 2.59. The molecule has 0 spiro atoms. The largest absolute Gasteiger partial charge is 0.372 e. The molecule has 1 N–H and O–H groups in total. The van der Waals surface area contributed by atoms with Crippen LogP contribution < -0.4 is 4.90 Å². The molecule has 17 heavy (non-hydrogen) atoms. The first kappa shape index (κ1) is 10.4. The minimum Gasteiger partial charge on any atom is -0.372 e. The second-order valence-electron chi connectivity index (χ2n) is 4.66. The highest BCUT2D eigenvalue weighted by atomic mass is 16.1. The van der Waals surface area contributed by atoms with E-state index in [-0.39, 0.29) is 0 Å². The van der Waals surface area contributed by atoms with E-state index in [2.05, 4.69) is 28.1 Å². The smallest absolute Gasteiger partial charge is 0.166 e. The van der Waals surface area contributed by atoms with Gasteiger partial charge in [0.05, 0.1) is 5.69 Å². The third-order valence-electron chi connectivity index (χ3n) is 3.47. The minimum atomic E-state index is 0.649. The van der Waals surface area contributed by atoms with Crippen LogP contribution in [0.5, 0.6) is 0 Å². The molecule has 1 aliphatic rings. The van der Waals surface area contributed by atoms with Crippen molar-refractivity contribution in [1.82, 2.24) is 4.98 Å². The Morgan fingerprint density at radius 1 is 1.12 bits per heavy atom. The Labute approximate surface area is 100 Å². The Hall–Kier alpha value is -1.77. The number of rotatable bonds is 2. The SMILES string of the molecule is O=Cc1cc2cc(N3CCCCC3)ccc2[nH]1. The predicted octanol–water partition coefficient (Wildman–Crippen LogP) is 2.97. The summed E-state index contributed by atoms with van der Waals surface area (Å²) in [5, 5.41) is 1.12. The summed E-state index contributed by atoms with van der Waals surface area (Å²) in [7, 11) is 0. The number of piperidine rings is 1. The molecule has 0 radical (unpaired) electrons. The van der Waals surface area contributed by atoms with Crippen LogP contribution >= 0.6 is 0 Å². The zero-order chi connectivity index (χ0) is 11.7. The number of aromatic amines is 1. The number of H-pyrrole nitrogens is 1. The molecule has 1 fully saturated rings. The second-order valence-corrected chi connectivity index (χ2v) is 4.66. The zero-order valence-electron chi connectivity index (χ0n) is 9.78. The summed E-state index contributed by atoms with van der Waals surface area (Å²) in [6, 6.07) is 8.28. The molecule has 1 saturated heterocycles. The van der Waals surface area contributed by atoms with Crippen LogP contribution in [0.4, 0.5) is 5.69 Å². The fourth-order valence-corrected chi connectivity index (χ4v) is 2.55. The van der Waals surface area contributed by atoms with Crippen LogP contribution in [-0.4, -0.2) is 24.4 Å². The van der Waals surface area contributed by atoms with Gasteiger partial charge in [0.15, 0.2) is 6.29 Å². The highest BCUT2D eigenvalue weighted by molar-refractivity contribution is 5.89. The molecule has 88 valence electrons. The van der Waals surface area contributed by atoms with Crippen molar-refractivity contribution < 1.29 is 4.79 Å². The fraction of sp³-hybridized carbons (Fsp3) is 0.357. The molecule has 1 aromatic carbocycles. The Balaban J connectivity index is 1.97. The number of hydrogen-bond donors (Lipinski definition) is 1. The molecule has 0 saturated carbocycles. The van der Waals surface area contributed by atoms with Crippen LogP contribution in [0.15, 0.2) is 24.3 Å². The normalized spacial score (nSPS) is 16.4. The summed E-state index contributed by atoms with van der Waals surface area (Å²) in [5.41, 5.74) is 2.96. The molecule has 2 aromatic rings. The lowest BCUT2D eigenvalue weighted by atomic mass is 10.1. The van der Waals surface area contributed by atoms with Gasteiger partial charge in [0.2, 0.25) is 0 Å². The van der Waals surface area contributed by atoms with Crippen molar-refractivity contribution in [1.29, 1.82) is 0 Å². The Morgan fingerprint density at radius 3 is 2.71 bits per heavy atom. The molecule has 0 amide bonds. The third kappa shape index (κ3) is 1.93. The molecular weight excluding hydrogens is 212 g/mol. The van der Waals surface area contributed by atoms with Gasteiger partial charge < -0.3 is 9.88 Å². The summed E-state index contributed by atoms with van der Waals surface area (Å²) in [6.07, 6.45) is 4.77. The van der Waals surface area contributed by atoms with Gasteiger partial charge in [-0.2, -0.15) is 0 Å². The number of carbonyl (C=O) groups excluding carboxylic acids is 1. The highest BCUT2D eigenvalue weighted by Gasteiger charge is 2.11. The maximum Gasteiger partial charge on any atom is 0.166 e. The third-order valence-corrected chi connectivity index (χ3v) is 3.47. The quantitative estimate of drug-likeness (QED) is 0.802. The van der Waals surface area contributed by atoms with Gasteiger partial charge in [0, 0.05) is 29.7 Å². The number of carbonyl (C=O) groups is 1. The van der Waals surface area contributed by atoms with E-state index in [9.17, 15) is 4.79 Å². The molecule has 0 bridgehead atoms. The molecule has 0 atom stereocenters. The Morgan fingerprint density at radius 2 is 1.94 bits per heavy atom. The molecule has 3 heteroatoms. The molecular formula is C14H16N2O. The number of anilines is 1. The molecule has 1 aliphatic heterocycles. The van der Waals surface area contributed by atoms with E-state index in [1.807, 2.05) is 6.07 Å². The maximum absolute atomic E-state index is 10.7. The molecule has 3 rings (SSSR count). The topological polar surface area (TPSA) is 36.1 Å². The first-order chi connectivity index (χ1) is 8.36. The molecule has 1 aromatic heterocycles. The highest BCUT2D eigenvalue weighted by Crippen LogP contribution is 2.24. The van der Waals surface area contributed by atoms with Gasteiger partial charge in [-0.05, 0) is 43.5 Å². The van der Waals surface area contributed by atoms with Crippen LogP contribution in [0.3, 0.4) is 0 Å². The average Bonchev–Trinajstić information content (AvgIpc) is 2.81. The first-order valence-electron chi connectivity index (χ1n) is 6.20. The van der Waals surface area contributed by atoms with Crippen LogP contribution in [-0.2, 0) is 0 Å². The summed E-state index contributed by atoms with van der Waals surface area (Å²) in [5.74, 6) is 0. The lowest BCUT2D eigenvalue weighted by Crippen LogP contribution is -2.29. The predicted molar refractivity (Wildman–Crippen MR) is 69.8 cm³/mol. The minimum absolute atomic E-state index is 0.649. The summed E-state index contributed by atoms with van der Waals surface area (Å²) >= 11 is 0. The first-order valence-corrected chi connectivity index (χ1v) is 6.20. The van der Waals surface area contributed by atoms with Gasteiger partial charge >= 0.3 is 0 Å². The number of aromatic nitrogens is 1. The van der Waals surface area contributed by atoms with Gasteiger partial charge in [-0.15, -0.1) is 0 Å². The van der Waals surface area contributed by atoms with Gasteiger partial charge in [-0.1, -0.05) is 0 Å². The number of fused-ring (bicyclic) bond motifs is 1. The molecule has 0 unspecified atom stereocenters. The lowest BCUT2D eigenvalue weighted by Gasteiger charge is -2.28. The number of benzene rings is 1. The van der Waals surface area contributed by atoms with Gasteiger partial charge in [0.1, 0.15) is 0 Å². The average molecular weight is 228 g/mol. The maximum atomic E-state index is 10.7. The van der Waals surface area contributed by atoms with Crippen LogP contribution in [0.2, 0.25) is 0 Å². The number of aldehydes is 1. The van der Waals surface area contributed by atoms with E-state index in [1.165, 1.54) is 24.9 Å². The van der Waals surface area contributed by atoms with Gasteiger partial charge in [-0.3, -0.25) is 4.79 Å². The lowest BCUT2D eigenvalue weighted by molar-refractivity contribution is 0.112. The number of nitrogens with one attached hydrogen (secondary N) is 1. The van der Waals surface area contributed by atoms with Crippen molar-refractivity contribution in [2.75, 3.05) is 18.0 Å². The number of nitrogens with zero attached hydrogens (tertiary/aromatic N) is 1. The van der Waals surface area contributed by atoms with Gasteiger partial charge in [-0.25, -0.2) is 0 Å². The van der Waals surface area contributed by atoms with E-state index in [4.69, 9.17) is 0 Å². The van der Waals surface area contributed by atoms with Gasteiger partial charge in [0.25, 0.3) is 0 Å². The fourth-order valence-electron chi connectivity index (χ4n) is 2.55. The molecule has 2 heterocycles. The van der Waals surface area contributed by atoms with Crippen molar-refractivity contribution in [3.8, 4) is 0 Å². The van der Waals surface area contributed by atoms with Crippen LogP contribution in [0.1, 0.15) is 29.8 Å². The van der Waals surface area contributed by atoms with E-state index in [0.29, 0.717) is 5.69 Å². The zero-order valence-corrected chi connectivity index (χ0v) is 9.78. The summed E-state index contributed by atoms with van der Waals surface area (Å²) in [6.45, 7) is 2.30. The monoisotopic (exact) mass is 228 g/mol. The van der Waals surface area contributed by atoms with Crippen LogP contribution in [0, 0.1) is 0 Å². The van der Waals surface area contributed by atoms with Crippen molar-refractivity contribution in [3.63, 3.8) is 0 Å². The van der Waals surface area contributed by atoms with Crippen molar-refractivity contribution >= 4 is 22.9 Å². The van der Waals surface area contributed by atoms with Crippen molar-refractivity contribution in [3.05, 3.63) is 30.0 Å². The van der Waals surface area contributed by atoms with E-state index < -0.39 is 0 Å². The Bertz CT molecular complexity index is 538. The summed E-state index contributed by atoms with van der Waals surface area (Å²) in [4.78, 5) is 16.2. The molecule has 0 aliphatic carbocycles. The molecule has 3 nitrogen and oxygen atoms in total. The van der Waals surface area contributed by atoms with Crippen molar-refractivity contribution in [2.24, 2.45) is 0 Å². The van der Waals surface area contributed by atoms with E-state index >= 15 is 0 Å². The van der Waals surface area contributed by atoms with Crippen molar-refractivity contribution in [2.45, 2.75) is 19.3 Å². The number of hydrogen-bond acceptors (Lipinski definition) is 2. The van der Waals surface area contributed by atoms with E-state index in [1.54, 1.807) is 0 Å². The van der Waals surface area contributed by atoms with Crippen LogP contribution in [0.25, 0.3) is 10.9 Å². The van der Waals surface area contributed by atoms with E-state index in [0.717, 1.165) is 30.3 Å². The second kappa shape index (κ2) is 4.24. The standard InChI is InChI=1S/C14H16N2O/c17-10-12-8-11-9-13(4-5-14(11)15-12)16-6-2-1-3-7-16/h4-5,8-10,15H,1-3,6-7H2. The summed E-state index contributed by atoms with van der Waals surface area (Å²) < 4.78 is 0.